The zero-order valence-electron chi connectivity index (χ0n) is 31.0. The second-order valence-electron chi connectivity index (χ2n) is 15.7. The number of benzene rings is 2. The Labute approximate surface area is 313 Å². The molecule has 2 saturated heterocycles. The summed E-state index contributed by atoms with van der Waals surface area (Å²) in [4.78, 5) is 44.7. The van der Waals surface area contributed by atoms with Crippen LogP contribution in [0.2, 0.25) is 10.0 Å². The highest BCUT2D eigenvalue weighted by molar-refractivity contribution is 6.30. The number of amidine groups is 1. The van der Waals surface area contributed by atoms with E-state index < -0.39 is 11.1 Å². The van der Waals surface area contributed by atoms with Crippen LogP contribution in [-0.4, -0.2) is 69.7 Å². The Morgan fingerprint density at radius 2 is 1.53 bits per heavy atom. The van der Waals surface area contributed by atoms with Crippen LogP contribution in [0, 0.1) is 5.92 Å². The van der Waals surface area contributed by atoms with Crippen LogP contribution < -0.4 is 4.74 Å². The van der Waals surface area contributed by atoms with Crippen LogP contribution in [0.25, 0.3) is 0 Å². The maximum absolute atomic E-state index is 15.3. The fourth-order valence-electron chi connectivity index (χ4n) is 8.00. The number of hydrogen-bond donors (Lipinski definition) is 0. The normalized spacial score (nSPS) is 24.2. The van der Waals surface area contributed by atoms with E-state index in [9.17, 15) is 4.79 Å². The summed E-state index contributed by atoms with van der Waals surface area (Å²) in [5, 5.41) is 1.22. The number of ether oxygens (including phenoxy) is 1. The number of carbonyl (C=O) groups excluding carboxylic acids is 2. The van der Waals surface area contributed by atoms with Crippen LogP contribution in [0.1, 0.15) is 103 Å². The number of halogens is 2. The molecule has 3 aromatic rings. The topological polar surface area (TPSA) is 78.3 Å². The van der Waals surface area contributed by atoms with E-state index in [0.717, 1.165) is 49.0 Å². The lowest BCUT2D eigenvalue weighted by Gasteiger charge is -2.47. The molecule has 8 nitrogen and oxygen atoms in total. The van der Waals surface area contributed by atoms with Gasteiger partial charge >= 0.3 is 6.03 Å². The van der Waals surface area contributed by atoms with Gasteiger partial charge in [-0.15, -0.1) is 0 Å². The number of hydrogen-bond acceptors (Lipinski definition) is 5. The van der Waals surface area contributed by atoms with Gasteiger partial charge in [0, 0.05) is 65.5 Å². The van der Waals surface area contributed by atoms with Gasteiger partial charge < -0.3 is 14.5 Å². The summed E-state index contributed by atoms with van der Waals surface area (Å²) in [6.07, 6.45) is 6.00. The van der Waals surface area contributed by atoms with Crippen molar-refractivity contribution in [3.8, 4) is 5.75 Å². The lowest BCUT2D eigenvalue weighted by Crippen LogP contribution is -2.59. The summed E-state index contributed by atoms with van der Waals surface area (Å²) in [6, 6.07) is 17.5. The zero-order valence-corrected chi connectivity index (χ0v) is 32.5. The first-order valence-corrected chi connectivity index (χ1v) is 19.1. The van der Waals surface area contributed by atoms with Gasteiger partial charge in [0.1, 0.15) is 22.7 Å². The van der Waals surface area contributed by atoms with Gasteiger partial charge in [0.2, 0.25) is 5.91 Å². The molecule has 3 atom stereocenters. The minimum atomic E-state index is -1.01. The molecule has 2 fully saturated rings. The smallest absolute Gasteiger partial charge is 0.326 e. The van der Waals surface area contributed by atoms with Crippen LogP contribution in [0.5, 0.6) is 5.75 Å². The lowest BCUT2D eigenvalue weighted by molar-refractivity contribution is -0.133. The van der Waals surface area contributed by atoms with Crippen LogP contribution in [0.15, 0.2) is 65.8 Å². The van der Waals surface area contributed by atoms with Crippen molar-refractivity contribution in [2.45, 2.75) is 103 Å². The average molecular weight is 733 g/mol. The second-order valence-corrected chi connectivity index (χ2v) is 16.5. The van der Waals surface area contributed by atoms with Crippen molar-refractivity contribution in [2.75, 3.05) is 26.2 Å². The molecular weight excluding hydrogens is 681 g/mol. The number of aromatic nitrogens is 1. The zero-order chi connectivity index (χ0) is 36.7. The molecule has 272 valence electrons. The van der Waals surface area contributed by atoms with Crippen LogP contribution in [0.4, 0.5) is 4.79 Å². The molecule has 0 spiro atoms. The van der Waals surface area contributed by atoms with Crippen molar-refractivity contribution < 1.29 is 14.3 Å². The summed E-state index contributed by atoms with van der Waals surface area (Å²) < 4.78 is 6.30. The van der Waals surface area contributed by atoms with Crippen molar-refractivity contribution >= 4 is 41.0 Å². The number of carbonyl (C=O) groups is 2. The Morgan fingerprint density at radius 3 is 2.08 bits per heavy atom. The van der Waals surface area contributed by atoms with Gasteiger partial charge in [0.25, 0.3) is 0 Å². The van der Waals surface area contributed by atoms with Gasteiger partial charge in [-0.3, -0.25) is 19.7 Å². The molecule has 10 heteroatoms. The van der Waals surface area contributed by atoms with Gasteiger partial charge in [-0.1, -0.05) is 68.2 Å². The van der Waals surface area contributed by atoms with Gasteiger partial charge in [0.05, 0.1) is 12.2 Å². The van der Waals surface area contributed by atoms with E-state index in [2.05, 4.69) is 41.5 Å². The fourth-order valence-corrected chi connectivity index (χ4v) is 8.25. The molecule has 0 saturated carbocycles. The predicted octanol–water partition coefficient (Wildman–Crippen LogP) is 9.21. The standard InChI is InChI=1S/C41H51Cl2N5O3/c1-8-51-34-25-35(39(3,4)5)44-26-33(34)37-45-40(6,29-11-15-31(42)16-12-29)41(7,30-13-17-32(43)18-14-30)48(37)38(50)46-22-19-28(20-23-46)24-36(49)47-21-9-10-27(47)2/h11-18,25-28H,8-10,19-24H2,1-7H3/t27?,40-,41+/m0/s1. The van der Waals surface area contributed by atoms with Gasteiger partial charge in [-0.2, -0.15) is 0 Å². The fraction of sp³-hybridized carbons (Fsp3) is 0.512. The summed E-state index contributed by atoms with van der Waals surface area (Å²) in [5.74, 6) is 1.59. The van der Waals surface area contributed by atoms with Crippen molar-refractivity contribution in [3.05, 3.63) is 93.2 Å². The second kappa shape index (κ2) is 14.4. The lowest BCUT2D eigenvalue weighted by atomic mass is 9.71. The molecular formula is C41H51Cl2N5O3. The molecule has 1 unspecified atom stereocenters. The third-order valence-electron chi connectivity index (χ3n) is 11.3. The monoisotopic (exact) mass is 731 g/mol. The van der Waals surface area contributed by atoms with E-state index in [1.165, 1.54) is 0 Å². The number of likely N-dealkylation sites (tertiary alicyclic amines) is 2. The van der Waals surface area contributed by atoms with E-state index in [0.29, 0.717) is 59.4 Å². The SMILES string of the molecule is CCOc1cc(C(C)(C)C)ncc1C1=N[C@@](C)(c2ccc(Cl)cc2)[C@@](C)(c2ccc(Cl)cc2)N1C(=O)N1CCC(CC(=O)N2CCCC2C)CC1. The molecule has 0 bridgehead atoms. The average Bonchev–Trinajstić information content (AvgIpc) is 3.64. The molecule has 6 rings (SSSR count). The van der Waals surface area contributed by atoms with Crippen molar-refractivity contribution in [2.24, 2.45) is 10.9 Å². The van der Waals surface area contributed by atoms with Crippen molar-refractivity contribution in [1.82, 2.24) is 19.7 Å². The third kappa shape index (κ3) is 6.98. The summed E-state index contributed by atoms with van der Waals surface area (Å²) in [5.41, 5.74) is 1.13. The molecule has 4 heterocycles. The molecule has 3 amide bonds. The number of urea groups is 1. The maximum Gasteiger partial charge on any atom is 0.326 e. The first-order valence-electron chi connectivity index (χ1n) is 18.3. The first kappa shape index (κ1) is 37.1. The Hall–Kier alpha value is -3.62. The highest BCUT2D eigenvalue weighted by Gasteiger charge is 2.60. The predicted molar refractivity (Wildman–Crippen MR) is 205 cm³/mol. The largest absolute Gasteiger partial charge is 0.493 e. The Bertz CT molecular complexity index is 1780. The highest BCUT2D eigenvalue weighted by Crippen LogP contribution is 2.54. The number of piperidine rings is 1. The highest BCUT2D eigenvalue weighted by atomic mass is 35.5. The van der Waals surface area contributed by atoms with Crippen LogP contribution >= 0.6 is 23.2 Å². The number of rotatable bonds is 7. The number of nitrogens with zero attached hydrogens (tertiary/aromatic N) is 5. The minimum Gasteiger partial charge on any atom is -0.493 e. The quantitative estimate of drug-likeness (QED) is 0.243. The first-order chi connectivity index (χ1) is 24.2. The van der Waals surface area contributed by atoms with E-state index in [1.807, 2.05) is 76.2 Å². The Balaban J connectivity index is 1.44. The molecule has 51 heavy (non-hydrogen) atoms. The molecule has 0 aliphatic carbocycles. The van der Waals surface area contributed by atoms with Crippen molar-refractivity contribution in [3.63, 3.8) is 0 Å². The molecule has 0 N–H and O–H groups in total. The molecule has 3 aliphatic heterocycles. The number of aliphatic imine (C=N–C) groups is 1. The Kier molecular flexibility index (Phi) is 10.5. The third-order valence-corrected chi connectivity index (χ3v) is 11.8. The van der Waals surface area contributed by atoms with Gasteiger partial charge in [-0.05, 0) is 94.7 Å². The van der Waals surface area contributed by atoms with E-state index in [4.69, 9.17) is 37.9 Å². The van der Waals surface area contributed by atoms with Gasteiger partial charge in [-0.25, -0.2) is 4.79 Å². The van der Waals surface area contributed by atoms with Crippen LogP contribution in [0.3, 0.4) is 0 Å². The Morgan fingerprint density at radius 1 is 0.922 bits per heavy atom. The summed E-state index contributed by atoms with van der Waals surface area (Å²) in [6.45, 7) is 17.0. The minimum absolute atomic E-state index is 0.149. The maximum atomic E-state index is 15.3. The molecule has 2 aromatic carbocycles. The number of amides is 3. The summed E-state index contributed by atoms with van der Waals surface area (Å²) in [7, 11) is 0. The molecule has 1 aromatic heterocycles. The van der Waals surface area contributed by atoms with Crippen LogP contribution in [-0.2, 0) is 21.3 Å². The van der Waals surface area contributed by atoms with E-state index in [1.54, 1.807) is 6.20 Å². The van der Waals surface area contributed by atoms with Gasteiger partial charge in [0.15, 0.2) is 0 Å². The molecule has 3 aliphatic rings. The molecule has 0 radical (unpaired) electrons. The number of pyridine rings is 1. The van der Waals surface area contributed by atoms with Crippen molar-refractivity contribution in [1.29, 1.82) is 0 Å². The summed E-state index contributed by atoms with van der Waals surface area (Å²) >= 11 is 12.8. The van der Waals surface area contributed by atoms with E-state index in [-0.39, 0.29) is 23.3 Å². The van der Waals surface area contributed by atoms with E-state index >= 15 is 4.79 Å².